The number of nitrogens with zero attached hydrogens (tertiary/aromatic N) is 2. The van der Waals surface area contributed by atoms with Crippen LogP contribution in [0.15, 0.2) is 109 Å². The fraction of sp³-hybridized carbons (Fsp3) is 0. The first-order chi connectivity index (χ1) is 13.7. The Hall–Kier alpha value is -3.60. The van der Waals surface area contributed by atoms with Crippen molar-refractivity contribution >= 4 is 22.7 Å². The zero-order valence-electron chi connectivity index (χ0n) is 15.1. The summed E-state index contributed by atoms with van der Waals surface area (Å²) in [5.41, 5.74) is 4.29. The summed E-state index contributed by atoms with van der Waals surface area (Å²) >= 11 is 0. The number of hydrogen-bond donors (Lipinski definition) is 0. The topological polar surface area (TPSA) is 52.6 Å². The molecule has 0 fully saturated rings. The second-order valence-corrected chi connectivity index (χ2v) is 6.35. The summed E-state index contributed by atoms with van der Waals surface area (Å²) in [6.07, 6.45) is 0. The van der Waals surface area contributed by atoms with Crippen molar-refractivity contribution in [3.8, 4) is 11.1 Å². The van der Waals surface area contributed by atoms with Crippen molar-refractivity contribution in [2.75, 3.05) is 10.1 Å². The largest absolute Gasteiger partial charge is 0.754 e. The summed E-state index contributed by atoms with van der Waals surface area (Å²) in [5, 5.41) is 26.7. The summed E-state index contributed by atoms with van der Waals surface area (Å²) in [5.74, 6) is 0. The molecule has 28 heavy (non-hydrogen) atoms. The SMILES string of the molecule is [O-]N(c1ccccc1)c1ccc(-c2ccc(N([O-])c3ccccc3)cc2)cc1. The van der Waals surface area contributed by atoms with Crippen LogP contribution in [-0.2, 0) is 0 Å². The summed E-state index contributed by atoms with van der Waals surface area (Å²) in [4.78, 5) is 0. The van der Waals surface area contributed by atoms with Crippen molar-refractivity contribution < 1.29 is 0 Å². The maximum atomic E-state index is 12.4. The van der Waals surface area contributed by atoms with Gasteiger partial charge in [0.25, 0.3) is 0 Å². The Balaban J connectivity index is 1.52. The van der Waals surface area contributed by atoms with E-state index in [1.54, 1.807) is 48.5 Å². The second kappa shape index (κ2) is 7.96. The van der Waals surface area contributed by atoms with Gasteiger partial charge in [-0.3, -0.25) is 0 Å². The molecule has 4 rings (SSSR count). The third kappa shape index (κ3) is 3.74. The molecule has 0 saturated carbocycles. The van der Waals surface area contributed by atoms with Crippen molar-refractivity contribution in [2.24, 2.45) is 0 Å². The van der Waals surface area contributed by atoms with Crippen LogP contribution in [0.3, 0.4) is 0 Å². The van der Waals surface area contributed by atoms with E-state index in [0.29, 0.717) is 22.7 Å². The van der Waals surface area contributed by atoms with E-state index < -0.39 is 0 Å². The molecule has 0 aliphatic rings. The molecule has 138 valence electrons. The third-order valence-corrected chi connectivity index (χ3v) is 4.52. The predicted octanol–water partition coefficient (Wildman–Crippen LogP) is 6.63. The molecule has 0 spiro atoms. The van der Waals surface area contributed by atoms with Gasteiger partial charge in [-0.15, -0.1) is 0 Å². The molecule has 4 aromatic carbocycles. The van der Waals surface area contributed by atoms with Crippen LogP contribution in [0.4, 0.5) is 22.7 Å². The molecule has 0 unspecified atom stereocenters. The van der Waals surface area contributed by atoms with E-state index in [1.807, 2.05) is 60.7 Å². The highest BCUT2D eigenvalue weighted by Gasteiger charge is 2.03. The number of para-hydroxylation sites is 2. The minimum Gasteiger partial charge on any atom is -0.754 e. The first-order valence-corrected chi connectivity index (χ1v) is 8.97. The zero-order valence-corrected chi connectivity index (χ0v) is 15.1. The molecule has 0 radical (unpaired) electrons. The molecule has 0 heterocycles. The quantitative estimate of drug-likeness (QED) is 0.372. The van der Waals surface area contributed by atoms with Crippen LogP contribution in [0.25, 0.3) is 11.1 Å². The second-order valence-electron chi connectivity index (χ2n) is 6.35. The molecule has 0 N–H and O–H groups in total. The van der Waals surface area contributed by atoms with Gasteiger partial charge in [-0.05, 0) is 59.7 Å². The van der Waals surface area contributed by atoms with Gasteiger partial charge in [0.05, 0.1) is 0 Å². The van der Waals surface area contributed by atoms with Crippen LogP contribution in [0.1, 0.15) is 0 Å². The first-order valence-electron chi connectivity index (χ1n) is 8.97. The highest BCUT2D eigenvalue weighted by Crippen LogP contribution is 2.30. The Bertz CT molecular complexity index is 931. The lowest BCUT2D eigenvalue weighted by Crippen LogP contribution is -2.06. The van der Waals surface area contributed by atoms with Gasteiger partial charge in [0.15, 0.2) is 0 Å². The Labute approximate surface area is 164 Å². The van der Waals surface area contributed by atoms with Gasteiger partial charge in [0.2, 0.25) is 0 Å². The van der Waals surface area contributed by atoms with E-state index in [2.05, 4.69) is 0 Å². The van der Waals surface area contributed by atoms with Gasteiger partial charge in [-0.1, -0.05) is 60.7 Å². The number of anilines is 4. The molecule has 0 aliphatic carbocycles. The van der Waals surface area contributed by atoms with Crippen molar-refractivity contribution in [1.82, 2.24) is 0 Å². The Morgan fingerprint density at radius 3 is 0.964 bits per heavy atom. The normalized spacial score (nSPS) is 10.5. The molecule has 0 aromatic heterocycles. The molecule has 4 nitrogen and oxygen atoms in total. The fourth-order valence-corrected chi connectivity index (χ4v) is 3.00. The molecule has 0 amide bonds. The Kier molecular flexibility index (Phi) is 5.06. The van der Waals surface area contributed by atoms with Crippen molar-refractivity contribution in [2.45, 2.75) is 0 Å². The number of hydrogen-bond acceptors (Lipinski definition) is 4. The summed E-state index contributed by atoms with van der Waals surface area (Å²) < 4.78 is 0. The predicted molar refractivity (Wildman–Crippen MR) is 116 cm³/mol. The molecule has 0 atom stereocenters. The highest BCUT2D eigenvalue weighted by molar-refractivity contribution is 5.73. The number of benzene rings is 4. The van der Waals surface area contributed by atoms with Gasteiger partial charge in [0.1, 0.15) is 0 Å². The van der Waals surface area contributed by atoms with Crippen LogP contribution < -0.4 is 10.1 Å². The van der Waals surface area contributed by atoms with E-state index in [-0.39, 0.29) is 0 Å². The average molecular weight is 366 g/mol. The van der Waals surface area contributed by atoms with Crippen molar-refractivity contribution in [3.05, 3.63) is 120 Å². The van der Waals surface area contributed by atoms with E-state index in [9.17, 15) is 10.4 Å². The summed E-state index contributed by atoms with van der Waals surface area (Å²) in [6.45, 7) is 0. The highest BCUT2D eigenvalue weighted by atomic mass is 16.5. The molecule has 0 bridgehead atoms. The molecule has 0 aliphatic heterocycles. The van der Waals surface area contributed by atoms with Gasteiger partial charge in [-0.2, -0.15) is 0 Å². The van der Waals surface area contributed by atoms with Crippen LogP contribution in [0, 0.1) is 10.4 Å². The maximum absolute atomic E-state index is 12.4. The van der Waals surface area contributed by atoms with E-state index >= 15 is 0 Å². The fourth-order valence-electron chi connectivity index (χ4n) is 3.00. The lowest BCUT2D eigenvalue weighted by atomic mass is 10.0. The smallest absolute Gasteiger partial charge is 0.0303 e. The van der Waals surface area contributed by atoms with E-state index in [4.69, 9.17) is 0 Å². The van der Waals surface area contributed by atoms with E-state index in [0.717, 1.165) is 21.3 Å². The molecule has 4 heteroatoms. The molecule has 0 saturated heterocycles. The van der Waals surface area contributed by atoms with Gasteiger partial charge >= 0.3 is 0 Å². The monoisotopic (exact) mass is 366 g/mol. The molecular weight excluding hydrogens is 348 g/mol. The minimum absolute atomic E-state index is 0.571. The van der Waals surface area contributed by atoms with Crippen LogP contribution in [0.2, 0.25) is 0 Å². The van der Waals surface area contributed by atoms with Crippen LogP contribution in [0.5, 0.6) is 0 Å². The summed E-state index contributed by atoms with van der Waals surface area (Å²) in [6, 6.07) is 33.1. The van der Waals surface area contributed by atoms with Gasteiger partial charge < -0.3 is 20.5 Å². The zero-order chi connectivity index (χ0) is 19.3. The number of rotatable bonds is 5. The molecular formula is C24H18N2O2-2. The minimum atomic E-state index is 0.571. The van der Waals surface area contributed by atoms with Gasteiger partial charge in [-0.25, -0.2) is 0 Å². The van der Waals surface area contributed by atoms with Crippen LogP contribution >= 0.6 is 0 Å². The Morgan fingerprint density at radius 2 is 0.643 bits per heavy atom. The summed E-state index contributed by atoms with van der Waals surface area (Å²) in [7, 11) is 0. The maximum Gasteiger partial charge on any atom is 0.0303 e. The molecule has 4 aromatic rings. The van der Waals surface area contributed by atoms with Crippen LogP contribution in [-0.4, -0.2) is 0 Å². The Morgan fingerprint density at radius 1 is 0.357 bits per heavy atom. The lowest BCUT2D eigenvalue weighted by Gasteiger charge is -2.31. The first kappa shape index (κ1) is 17.8. The van der Waals surface area contributed by atoms with E-state index in [1.165, 1.54) is 0 Å². The lowest BCUT2D eigenvalue weighted by molar-refractivity contribution is 1.29. The van der Waals surface area contributed by atoms with Crippen molar-refractivity contribution in [1.29, 1.82) is 0 Å². The van der Waals surface area contributed by atoms with Gasteiger partial charge in [0, 0.05) is 22.7 Å². The standard InChI is InChI=1S/C24H18N2O2/c27-25(21-7-3-1-4-8-21)23-15-11-19(12-16-23)20-13-17-24(18-14-20)26(28)22-9-5-2-6-10-22/h1-18H/q-2. The van der Waals surface area contributed by atoms with Crippen molar-refractivity contribution in [3.63, 3.8) is 0 Å². The average Bonchev–Trinajstić information content (AvgIpc) is 2.79. The third-order valence-electron chi connectivity index (χ3n) is 4.52.